The van der Waals surface area contributed by atoms with Gasteiger partial charge < -0.3 is 14.4 Å². The van der Waals surface area contributed by atoms with E-state index < -0.39 is 0 Å². The van der Waals surface area contributed by atoms with Gasteiger partial charge in [0.15, 0.2) is 5.88 Å². The Kier molecular flexibility index (Phi) is 1.85. The summed E-state index contributed by atoms with van der Waals surface area (Å²) in [5.41, 5.74) is 0. The largest absolute Gasteiger partial charge is 0.494 e. The van der Waals surface area contributed by atoms with Crippen molar-refractivity contribution in [1.29, 1.82) is 0 Å². The molecule has 0 aliphatic rings. The molecule has 56 valence electrons. The van der Waals surface area contributed by atoms with E-state index in [4.69, 9.17) is 9.84 Å². The minimum atomic E-state index is 0.225. The average Bonchev–Trinajstić information content (AvgIpc) is 2.14. The summed E-state index contributed by atoms with van der Waals surface area (Å²) in [7, 11) is 1.76. The quantitative estimate of drug-likeness (QED) is 0.670. The van der Waals surface area contributed by atoms with Gasteiger partial charge in [-0.2, -0.15) is 0 Å². The molecule has 3 nitrogen and oxygen atoms in total. The van der Waals surface area contributed by atoms with Crippen molar-refractivity contribution < 1.29 is 9.84 Å². The van der Waals surface area contributed by atoms with Crippen molar-refractivity contribution in [3.63, 3.8) is 0 Å². The Bertz CT molecular complexity index is 198. The van der Waals surface area contributed by atoms with Gasteiger partial charge in [0, 0.05) is 19.3 Å². The molecule has 0 atom stereocenters. The lowest BCUT2D eigenvalue weighted by atomic mass is 10.6. The molecular formula is C7H11NO2. The second-order valence-electron chi connectivity index (χ2n) is 2.08. The Morgan fingerprint density at radius 2 is 2.40 bits per heavy atom. The van der Waals surface area contributed by atoms with Crippen molar-refractivity contribution in [2.75, 3.05) is 6.61 Å². The minimum absolute atomic E-state index is 0.225. The van der Waals surface area contributed by atoms with E-state index in [9.17, 15) is 0 Å². The SMILES string of the molecule is CCOc1cc(O)n(C)c1. The first-order valence-corrected chi connectivity index (χ1v) is 3.22. The monoisotopic (exact) mass is 141 g/mol. The second-order valence-corrected chi connectivity index (χ2v) is 2.08. The molecule has 3 heteroatoms. The number of hydrogen-bond acceptors (Lipinski definition) is 2. The molecule has 0 fully saturated rings. The smallest absolute Gasteiger partial charge is 0.194 e. The summed E-state index contributed by atoms with van der Waals surface area (Å²) in [4.78, 5) is 0. The van der Waals surface area contributed by atoms with Crippen LogP contribution in [-0.2, 0) is 7.05 Å². The van der Waals surface area contributed by atoms with Crippen LogP contribution >= 0.6 is 0 Å². The van der Waals surface area contributed by atoms with Gasteiger partial charge in [0.1, 0.15) is 5.75 Å². The van der Waals surface area contributed by atoms with Crippen LogP contribution in [0.25, 0.3) is 0 Å². The molecule has 1 aromatic heterocycles. The zero-order valence-corrected chi connectivity index (χ0v) is 6.16. The van der Waals surface area contributed by atoms with Gasteiger partial charge in [-0.05, 0) is 6.92 Å². The Labute approximate surface area is 59.9 Å². The molecule has 1 aromatic rings. The summed E-state index contributed by atoms with van der Waals surface area (Å²) < 4.78 is 6.73. The zero-order chi connectivity index (χ0) is 7.56. The highest BCUT2D eigenvalue weighted by atomic mass is 16.5. The summed E-state index contributed by atoms with van der Waals surface area (Å²) in [6, 6.07) is 1.59. The number of aromatic nitrogens is 1. The van der Waals surface area contributed by atoms with E-state index in [1.54, 1.807) is 23.9 Å². The van der Waals surface area contributed by atoms with Crippen molar-refractivity contribution in [3.05, 3.63) is 12.3 Å². The molecule has 10 heavy (non-hydrogen) atoms. The Morgan fingerprint density at radius 1 is 1.70 bits per heavy atom. The Hall–Kier alpha value is -1.12. The number of ether oxygens (including phenoxy) is 1. The fourth-order valence-electron chi connectivity index (χ4n) is 0.769. The van der Waals surface area contributed by atoms with E-state index in [0.717, 1.165) is 0 Å². The van der Waals surface area contributed by atoms with Crippen LogP contribution in [-0.4, -0.2) is 16.3 Å². The third kappa shape index (κ3) is 1.23. The predicted molar refractivity (Wildman–Crippen MR) is 38.2 cm³/mol. The lowest BCUT2D eigenvalue weighted by molar-refractivity contribution is 0.340. The molecule has 0 saturated carbocycles. The predicted octanol–water partition coefficient (Wildman–Crippen LogP) is 1.13. The molecule has 1 N–H and O–H groups in total. The van der Waals surface area contributed by atoms with Crippen LogP contribution in [0.4, 0.5) is 0 Å². The van der Waals surface area contributed by atoms with Crippen LogP contribution in [0.3, 0.4) is 0 Å². The van der Waals surface area contributed by atoms with E-state index in [1.165, 1.54) is 0 Å². The summed E-state index contributed by atoms with van der Waals surface area (Å²) in [6.07, 6.45) is 1.73. The van der Waals surface area contributed by atoms with Crippen molar-refractivity contribution in [1.82, 2.24) is 4.57 Å². The summed E-state index contributed by atoms with van der Waals surface area (Å²) in [6.45, 7) is 2.54. The third-order valence-electron chi connectivity index (χ3n) is 1.26. The van der Waals surface area contributed by atoms with Crippen molar-refractivity contribution >= 4 is 0 Å². The molecule has 0 amide bonds. The van der Waals surface area contributed by atoms with Gasteiger partial charge in [0.05, 0.1) is 6.61 Å². The van der Waals surface area contributed by atoms with Crippen LogP contribution in [0.2, 0.25) is 0 Å². The standard InChI is InChI=1S/C7H11NO2/c1-3-10-6-4-7(9)8(2)5-6/h4-5,9H,3H2,1-2H3. The zero-order valence-electron chi connectivity index (χ0n) is 6.16. The van der Waals surface area contributed by atoms with Gasteiger partial charge in [-0.1, -0.05) is 0 Å². The highest BCUT2D eigenvalue weighted by Crippen LogP contribution is 2.19. The summed E-state index contributed by atoms with van der Waals surface area (Å²) in [5, 5.41) is 9.05. The van der Waals surface area contributed by atoms with Gasteiger partial charge in [-0.25, -0.2) is 0 Å². The molecule has 0 saturated heterocycles. The first-order valence-electron chi connectivity index (χ1n) is 3.22. The summed E-state index contributed by atoms with van der Waals surface area (Å²) in [5.74, 6) is 0.936. The van der Waals surface area contributed by atoms with Crippen molar-refractivity contribution in [3.8, 4) is 11.6 Å². The number of rotatable bonds is 2. The van der Waals surface area contributed by atoms with Crippen LogP contribution in [0.1, 0.15) is 6.92 Å². The van der Waals surface area contributed by atoms with Crippen LogP contribution < -0.4 is 4.74 Å². The first-order chi connectivity index (χ1) is 4.74. The third-order valence-corrected chi connectivity index (χ3v) is 1.26. The minimum Gasteiger partial charge on any atom is -0.494 e. The molecule has 0 aromatic carbocycles. The number of hydrogen-bond donors (Lipinski definition) is 1. The average molecular weight is 141 g/mol. The first kappa shape index (κ1) is 6.99. The van der Waals surface area contributed by atoms with Gasteiger partial charge in [-0.3, -0.25) is 0 Å². The molecule has 1 rings (SSSR count). The maximum absolute atomic E-state index is 9.05. The van der Waals surface area contributed by atoms with Crippen LogP contribution in [0.15, 0.2) is 12.3 Å². The lowest BCUT2D eigenvalue weighted by Gasteiger charge is -1.94. The molecule has 0 unspecified atom stereocenters. The molecule has 0 aliphatic heterocycles. The van der Waals surface area contributed by atoms with Crippen LogP contribution in [0, 0.1) is 0 Å². The van der Waals surface area contributed by atoms with E-state index in [1.807, 2.05) is 6.92 Å². The Morgan fingerprint density at radius 3 is 2.80 bits per heavy atom. The van der Waals surface area contributed by atoms with Crippen molar-refractivity contribution in [2.45, 2.75) is 6.92 Å². The normalized spacial score (nSPS) is 9.80. The maximum Gasteiger partial charge on any atom is 0.194 e. The molecule has 1 heterocycles. The van der Waals surface area contributed by atoms with Gasteiger partial charge in [0.25, 0.3) is 0 Å². The van der Waals surface area contributed by atoms with Crippen molar-refractivity contribution in [2.24, 2.45) is 7.05 Å². The Balaban J connectivity index is 2.77. The van der Waals surface area contributed by atoms with Gasteiger partial charge >= 0.3 is 0 Å². The number of aryl methyl sites for hydroxylation is 1. The molecular weight excluding hydrogens is 130 g/mol. The van der Waals surface area contributed by atoms with E-state index >= 15 is 0 Å². The second kappa shape index (κ2) is 2.64. The highest BCUT2D eigenvalue weighted by Gasteiger charge is 1.99. The molecule has 0 radical (unpaired) electrons. The highest BCUT2D eigenvalue weighted by molar-refractivity contribution is 5.27. The molecule has 0 spiro atoms. The van der Waals surface area contributed by atoms with Gasteiger partial charge in [0.2, 0.25) is 0 Å². The topological polar surface area (TPSA) is 34.4 Å². The fourth-order valence-corrected chi connectivity index (χ4v) is 0.769. The summed E-state index contributed by atoms with van der Waals surface area (Å²) >= 11 is 0. The van der Waals surface area contributed by atoms with Crippen LogP contribution in [0.5, 0.6) is 11.6 Å². The lowest BCUT2D eigenvalue weighted by Crippen LogP contribution is -1.88. The number of nitrogens with zero attached hydrogens (tertiary/aromatic N) is 1. The van der Waals surface area contributed by atoms with E-state index in [-0.39, 0.29) is 5.88 Å². The fraction of sp³-hybridized carbons (Fsp3) is 0.429. The molecule has 0 aliphatic carbocycles. The number of aromatic hydroxyl groups is 1. The maximum atomic E-state index is 9.05. The van der Waals surface area contributed by atoms with Gasteiger partial charge in [-0.15, -0.1) is 0 Å². The van der Waals surface area contributed by atoms with E-state index in [2.05, 4.69) is 0 Å². The van der Waals surface area contributed by atoms with E-state index in [0.29, 0.717) is 12.4 Å². The molecule has 0 bridgehead atoms.